The molecule has 1 rings (SSSR count). The Morgan fingerprint density at radius 3 is 2.73 bits per heavy atom. The van der Waals surface area contributed by atoms with Gasteiger partial charge in [0.25, 0.3) is 0 Å². The summed E-state index contributed by atoms with van der Waals surface area (Å²) < 4.78 is 5.15. The van der Waals surface area contributed by atoms with E-state index in [0.29, 0.717) is 0 Å². The minimum Gasteiger partial charge on any atom is -0.504 e. The van der Waals surface area contributed by atoms with Gasteiger partial charge in [0, 0.05) is 0 Å². The molecule has 0 aliphatic rings. The maximum Gasteiger partial charge on any atom is 0.307 e. The number of phenols is 2. The van der Waals surface area contributed by atoms with E-state index in [-0.39, 0.29) is 23.7 Å². The Labute approximate surface area is 86.5 Å². The summed E-state index contributed by atoms with van der Waals surface area (Å²) in [4.78, 5) is 10.4. The van der Waals surface area contributed by atoms with E-state index < -0.39 is 12.1 Å². The number of aromatic hydroxyl groups is 2. The summed E-state index contributed by atoms with van der Waals surface area (Å²) in [5, 5.41) is 27.0. The molecule has 15 heavy (non-hydrogen) atoms. The van der Waals surface area contributed by atoms with E-state index in [1.54, 1.807) is 6.92 Å². The fourth-order valence-corrected chi connectivity index (χ4v) is 1.11. The van der Waals surface area contributed by atoms with E-state index in [1.165, 1.54) is 18.2 Å². The summed E-state index contributed by atoms with van der Waals surface area (Å²) >= 11 is 0. The minimum absolute atomic E-state index is 0.0729. The van der Waals surface area contributed by atoms with Gasteiger partial charge in [0.15, 0.2) is 11.5 Å². The van der Waals surface area contributed by atoms with Gasteiger partial charge in [-0.05, 0) is 19.1 Å². The Hall–Kier alpha value is -1.91. The molecule has 1 atom stereocenters. The first-order valence-electron chi connectivity index (χ1n) is 4.40. The smallest absolute Gasteiger partial charge is 0.307 e. The highest BCUT2D eigenvalue weighted by atomic mass is 16.5. The highest BCUT2D eigenvalue weighted by Gasteiger charge is 2.13. The number of carbonyl (C=O) groups is 1. The lowest BCUT2D eigenvalue weighted by Crippen LogP contribution is -2.16. The van der Waals surface area contributed by atoms with E-state index >= 15 is 0 Å². The number of hydrogen-bond acceptors (Lipinski definition) is 4. The number of rotatable bonds is 4. The number of para-hydroxylation sites is 1. The van der Waals surface area contributed by atoms with Crippen molar-refractivity contribution in [2.24, 2.45) is 0 Å². The molecule has 0 bridgehead atoms. The molecule has 5 heteroatoms. The van der Waals surface area contributed by atoms with Crippen molar-refractivity contribution in [3.05, 3.63) is 18.2 Å². The van der Waals surface area contributed by atoms with Gasteiger partial charge in [-0.15, -0.1) is 0 Å². The van der Waals surface area contributed by atoms with Crippen molar-refractivity contribution < 1.29 is 24.9 Å². The first-order valence-corrected chi connectivity index (χ1v) is 4.40. The van der Waals surface area contributed by atoms with E-state index in [1.807, 2.05) is 0 Å². The van der Waals surface area contributed by atoms with Crippen molar-refractivity contribution in [1.82, 2.24) is 0 Å². The monoisotopic (exact) mass is 212 g/mol. The van der Waals surface area contributed by atoms with Crippen LogP contribution in [0.4, 0.5) is 0 Å². The molecule has 0 saturated carbocycles. The van der Waals surface area contributed by atoms with Crippen molar-refractivity contribution >= 4 is 5.97 Å². The van der Waals surface area contributed by atoms with Crippen LogP contribution < -0.4 is 4.74 Å². The van der Waals surface area contributed by atoms with Crippen LogP contribution in [0.3, 0.4) is 0 Å². The molecule has 0 aromatic heterocycles. The quantitative estimate of drug-likeness (QED) is 0.655. The van der Waals surface area contributed by atoms with Gasteiger partial charge in [-0.1, -0.05) is 6.07 Å². The normalized spacial score (nSPS) is 12.1. The molecule has 0 amide bonds. The van der Waals surface area contributed by atoms with Crippen LogP contribution >= 0.6 is 0 Å². The van der Waals surface area contributed by atoms with E-state index in [0.717, 1.165) is 0 Å². The first kappa shape index (κ1) is 11.2. The Kier molecular flexibility index (Phi) is 3.38. The van der Waals surface area contributed by atoms with Crippen molar-refractivity contribution in [1.29, 1.82) is 0 Å². The fraction of sp³-hybridized carbons (Fsp3) is 0.300. The number of hydrogen-bond donors (Lipinski definition) is 3. The number of carboxylic acid groups (broad SMARTS) is 1. The second-order valence-corrected chi connectivity index (χ2v) is 3.15. The lowest BCUT2D eigenvalue weighted by Gasteiger charge is -2.13. The number of carboxylic acids is 1. The Bertz CT molecular complexity index is 361. The Balaban J connectivity index is 2.72. The van der Waals surface area contributed by atoms with E-state index in [4.69, 9.17) is 14.9 Å². The van der Waals surface area contributed by atoms with Crippen LogP contribution in [0.25, 0.3) is 0 Å². The highest BCUT2D eigenvalue weighted by Crippen LogP contribution is 2.35. The van der Waals surface area contributed by atoms with Crippen LogP contribution in [0.2, 0.25) is 0 Å². The molecule has 0 aliphatic carbocycles. The van der Waals surface area contributed by atoms with Crippen molar-refractivity contribution in [2.45, 2.75) is 19.4 Å². The fourth-order valence-electron chi connectivity index (χ4n) is 1.11. The molecule has 3 N–H and O–H groups in total. The average molecular weight is 212 g/mol. The van der Waals surface area contributed by atoms with Crippen molar-refractivity contribution in [2.75, 3.05) is 0 Å². The molecule has 0 saturated heterocycles. The molecular formula is C10H12O5. The molecule has 1 aromatic rings. The predicted molar refractivity (Wildman–Crippen MR) is 52.1 cm³/mol. The second kappa shape index (κ2) is 4.54. The summed E-state index contributed by atoms with van der Waals surface area (Å²) in [6.45, 7) is 1.57. The van der Waals surface area contributed by atoms with Gasteiger partial charge in [0.2, 0.25) is 5.75 Å². The Morgan fingerprint density at radius 1 is 1.47 bits per heavy atom. The van der Waals surface area contributed by atoms with Gasteiger partial charge >= 0.3 is 5.97 Å². The molecular weight excluding hydrogens is 200 g/mol. The zero-order valence-corrected chi connectivity index (χ0v) is 8.17. The third-order valence-electron chi connectivity index (χ3n) is 1.77. The largest absolute Gasteiger partial charge is 0.504 e. The van der Waals surface area contributed by atoms with Crippen molar-refractivity contribution in [3.8, 4) is 17.2 Å². The van der Waals surface area contributed by atoms with Gasteiger partial charge in [-0.2, -0.15) is 0 Å². The third-order valence-corrected chi connectivity index (χ3v) is 1.77. The molecule has 0 unspecified atom stereocenters. The minimum atomic E-state index is -0.984. The summed E-state index contributed by atoms with van der Waals surface area (Å²) in [7, 11) is 0. The zero-order valence-electron chi connectivity index (χ0n) is 8.17. The van der Waals surface area contributed by atoms with Gasteiger partial charge in [0.05, 0.1) is 6.42 Å². The zero-order chi connectivity index (χ0) is 11.4. The molecule has 0 heterocycles. The summed E-state index contributed by atoms with van der Waals surface area (Å²) in [6, 6.07) is 4.26. The number of ether oxygens (including phenoxy) is 1. The topological polar surface area (TPSA) is 87.0 Å². The molecule has 0 radical (unpaired) electrons. The Morgan fingerprint density at radius 2 is 2.13 bits per heavy atom. The average Bonchev–Trinajstić information content (AvgIpc) is 2.11. The van der Waals surface area contributed by atoms with Crippen LogP contribution in [0.5, 0.6) is 17.2 Å². The van der Waals surface area contributed by atoms with Crippen LogP contribution in [0.1, 0.15) is 13.3 Å². The van der Waals surface area contributed by atoms with Crippen LogP contribution in [-0.4, -0.2) is 27.4 Å². The van der Waals surface area contributed by atoms with Gasteiger partial charge in [-0.25, -0.2) is 0 Å². The van der Waals surface area contributed by atoms with Crippen LogP contribution in [-0.2, 0) is 4.79 Å². The summed E-state index contributed by atoms with van der Waals surface area (Å²) in [6.07, 6.45) is -0.745. The standard InChI is InChI=1S/C10H12O5/c1-6(5-9(12)13)15-8-4-2-3-7(11)10(8)14/h2-4,6,11,14H,5H2,1H3,(H,12,13)/t6-/m1/s1. The van der Waals surface area contributed by atoms with Gasteiger partial charge < -0.3 is 20.1 Å². The summed E-state index contributed by atoms with van der Waals surface area (Å²) in [5.41, 5.74) is 0. The maximum atomic E-state index is 10.4. The van der Waals surface area contributed by atoms with E-state index in [9.17, 15) is 9.90 Å². The highest BCUT2D eigenvalue weighted by molar-refractivity contribution is 5.67. The van der Waals surface area contributed by atoms with E-state index in [2.05, 4.69) is 0 Å². The predicted octanol–water partition coefficient (Wildman–Crippen LogP) is 1.34. The van der Waals surface area contributed by atoms with Crippen LogP contribution in [0.15, 0.2) is 18.2 Å². The molecule has 82 valence electrons. The van der Waals surface area contributed by atoms with Crippen LogP contribution in [0, 0.1) is 0 Å². The summed E-state index contributed by atoms with van der Waals surface area (Å²) in [5.74, 6) is -1.59. The molecule has 0 aliphatic heterocycles. The van der Waals surface area contributed by atoms with Gasteiger partial charge in [-0.3, -0.25) is 4.79 Å². The molecule has 0 spiro atoms. The molecule has 5 nitrogen and oxygen atoms in total. The lowest BCUT2D eigenvalue weighted by molar-refractivity contribution is -0.138. The third kappa shape index (κ3) is 3.05. The molecule has 0 fully saturated rings. The van der Waals surface area contributed by atoms with Gasteiger partial charge in [0.1, 0.15) is 6.10 Å². The number of phenolic OH excluding ortho intramolecular Hbond substituents is 2. The maximum absolute atomic E-state index is 10.4. The first-order chi connectivity index (χ1) is 7.00. The molecule has 1 aromatic carbocycles. The van der Waals surface area contributed by atoms with Crippen molar-refractivity contribution in [3.63, 3.8) is 0 Å². The number of benzene rings is 1. The number of aliphatic carboxylic acids is 1. The SMILES string of the molecule is C[C@H](CC(=O)O)Oc1cccc(O)c1O. The second-order valence-electron chi connectivity index (χ2n) is 3.15. The lowest BCUT2D eigenvalue weighted by atomic mass is 10.2.